The van der Waals surface area contributed by atoms with E-state index in [2.05, 4.69) is 40.9 Å². The Kier molecular flexibility index (Phi) is 11.4. The molecule has 5 aromatic carbocycles. The number of aliphatic hydroxyl groups is 1. The standard InChI is InChI=1S/C47H48N6O7Si/c1-31-44(61(3,4)38-21-19-37(59-2)20-22-38)43(24-25-51-29-41(49-50-51)39(30-54)33-13-7-5-8-14-33)60-47(31)40-27-36(53(57)58)18-23-42(40)52(46(47)56)28-32-12-11-17-35(26-32)48-45(55)34-15-9-6-10-16-34/h5-23,26-27,29,31,39,43-44,54H,24-25,28,30H2,1-4H3,(H,48,55)/t31-,39?,43+,44-,47+/m1/s1. The Labute approximate surface area is 355 Å². The van der Waals surface area contributed by atoms with E-state index in [0.717, 1.165) is 22.1 Å². The van der Waals surface area contributed by atoms with Crippen molar-refractivity contribution in [2.75, 3.05) is 23.9 Å². The van der Waals surface area contributed by atoms with Crippen LogP contribution in [0.4, 0.5) is 17.1 Å². The van der Waals surface area contributed by atoms with Crippen molar-refractivity contribution in [3.05, 3.63) is 172 Å². The first-order valence-electron chi connectivity index (χ1n) is 20.4. The summed E-state index contributed by atoms with van der Waals surface area (Å²) in [5.74, 6) is -0.558. The van der Waals surface area contributed by atoms with Crippen LogP contribution in [0.2, 0.25) is 18.6 Å². The molecule has 13 nitrogen and oxygen atoms in total. The maximum atomic E-state index is 15.4. The van der Waals surface area contributed by atoms with Gasteiger partial charge in [-0.25, -0.2) is 0 Å². The number of rotatable bonds is 14. The van der Waals surface area contributed by atoms with Crippen molar-refractivity contribution < 1.29 is 29.1 Å². The summed E-state index contributed by atoms with van der Waals surface area (Å²) in [5.41, 5.74) is 2.63. The van der Waals surface area contributed by atoms with Gasteiger partial charge in [0, 0.05) is 47.6 Å². The summed E-state index contributed by atoms with van der Waals surface area (Å²) in [7, 11) is -0.907. The third-order valence-electron chi connectivity index (χ3n) is 12.5. The number of amides is 2. The Morgan fingerprint density at radius 1 is 0.984 bits per heavy atom. The van der Waals surface area contributed by atoms with E-state index in [-0.39, 0.29) is 42.1 Å². The molecule has 2 N–H and O–H groups in total. The molecule has 1 unspecified atom stereocenters. The van der Waals surface area contributed by atoms with E-state index in [1.807, 2.05) is 79.9 Å². The van der Waals surface area contributed by atoms with Crippen LogP contribution in [0.25, 0.3) is 0 Å². The number of nitrogens with one attached hydrogen (secondary N) is 1. The number of hydrogen-bond donors (Lipinski definition) is 2. The molecule has 8 rings (SSSR count). The van der Waals surface area contributed by atoms with Crippen LogP contribution in [0.3, 0.4) is 0 Å². The Morgan fingerprint density at radius 2 is 1.70 bits per heavy atom. The highest BCUT2D eigenvalue weighted by atomic mass is 28.3. The molecule has 312 valence electrons. The number of carbonyl (C=O) groups excluding carboxylic acids is 2. The van der Waals surface area contributed by atoms with E-state index in [0.29, 0.717) is 41.2 Å². The van der Waals surface area contributed by atoms with Crippen LogP contribution in [0, 0.1) is 16.0 Å². The highest BCUT2D eigenvalue weighted by Crippen LogP contribution is 2.60. The predicted molar refractivity (Wildman–Crippen MR) is 235 cm³/mol. The van der Waals surface area contributed by atoms with E-state index in [1.54, 1.807) is 53.1 Å². The first-order valence-corrected chi connectivity index (χ1v) is 23.5. The summed E-state index contributed by atoms with van der Waals surface area (Å²) in [6.45, 7) is 7.04. The number of anilines is 2. The van der Waals surface area contributed by atoms with Gasteiger partial charge in [-0.05, 0) is 65.6 Å². The number of nitro groups is 1. The molecule has 2 amide bonds. The lowest BCUT2D eigenvalue weighted by Gasteiger charge is -2.37. The molecule has 1 saturated heterocycles. The fourth-order valence-corrected chi connectivity index (χ4v) is 13.5. The summed E-state index contributed by atoms with van der Waals surface area (Å²) < 4.78 is 14.5. The van der Waals surface area contributed by atoms with Crippen molar-refractivity contribution in [2.24, 2.45) is 5.92 Å². The molecule has 0 radical (unpaired) electrons. The number of aryl methyl sites for hydroxylation is 1. The molecule has 3 heterocycles. The first-order chi connectivity index (χ1) is 29.4. The van der Waals surface area contributed by atoms with Crippen LogP contribution in [-0.2, 0) is 28.2 Å². The van der Waals surface area contributed by atoms with Crippen molar-refractivity contribution >= 4 is 42.1 Å². The number of aromatic nitrogens is 3. The van der Waals surface area contributed by atoms with Gasteiger partial charge in [-0.15, -0.1) is 5.10 Å². The van der Waals surface area contributed by atoms with Crippen LogP contribution in [-0.4, -0.2) is 64.7 Å². The molecular formula is C47H48N6O7Si. The number of nitro benzene ring substituents is 1. The molecular weight excluding hydrogens is 789 g/mol. The van der Waals surface area contributed by atoms with Gasteiger partial charge in [-0.3, -0.25) is 24.4 Å². The van der Waals surface area contributed by atoms with Crippen LogP contribution in [0.15, 0.2) is 134 Å². The van der Waals surface area contributed by atoms with Crippen molar-refractivity contribution in [1.29, 1.82) is 0 Å². The van der Waals surface area contributed by atoms with Gasteiger partial charge >= 0.3 is 0 Å². The molecule has 0 aliphatic carbocycles. The fourth-order valence-electron chi connectivity index (χ4n) is 9.46. The number of fused-ring (bicyclic) bond motifs is 2. The second-order valence-corrected chi connectivity index (χ2v) is 21.1. The molecule has 6 aromatic rings. The number of ether oxygens (including phenoxy) is 2. The van der Waals surface area contributed by atoms with Crippen molar-refractivity contribution in [3.63, 3.8) is 0 Å². The minimum absolute atomic E-state index is 0.130. The van der Waals surface area contributed by atoms with Gasteiger partial charge in [0.05, 0.1) is 56.7 Å². The number of carbonyl (C=O) groups is 2. The maximum Gasteiger partial charge on any atom is 0.269 e. The average Bonchev–Trinajstić information content (AvgIpc) is 3.93. The minimum Gasteiger partial charge on any atom is -0.497 e. The Balaban J connectivity index is 1.15. The molecule has 5 atom stereocenters. The lowest BCUT2D eigenvalue weighted by Crippen LogP contribution is -2.51. The van der Waals surface area contributed by atoms with Crippen molar-refractivity contribution in [3.8, 4) is 5.75 Å². The number of aliphatic hydroxyl groups excluding tert-OH is 1. The lowest BCUT2D eigenvalue weighted by atomic mass is 9.82. The summed E-state index contributed by atoms with van der Waals surface area (Å²) in [6, 6.07) is 38.6. The molecule has 1 fully saturated rings. The normalized spacial score (nSPS) is 20.1. The minimum atomic E-state index is -2.54. The van der Waals surface area contributed by atoms with Crippen molar-refractivity contribution in [2.45, 2.75) is 62.7 Å². The first kappa shape index (κ1) is 41.3. The average molecular weight is 837 g/mol. The number of non-ortho nitro benzene ring substituents is 1. The highest BCUT2D eigenvalue weighted by molar-refractivity contribution is 6.91. The van der Waals surface area contributed by atoms with Crippen LogP contribution < -0.4 is 20.1 Å². The van der Waals surface area contributed by atoms with E-state index in [9.17, 15) is 20.0 Å². The molecule has 0 bridgehead atoms. The number of nitrogens with zero attached hydrogens (tertiary/aromatic N) is 5. The Bertz CT molecular complexity index is 2550. The van der Waals surface area contributed by atoms with E-state index < -0.39 is 30.6 Å². The van der Waals surface area contributed by atoms with Gasteiger partial charge in [0.2, 0.25) is 0 Å². The van der Waals surface area contributed by atoms with Gasteiger partial charge in [-0.1, -0.05) is 103 Å². The summed E-state index contributed by atoms with van der Waals surface area (Å²) >= 11 is 0. The zero-order chi connectivity index (χ0) is 42.9. The predicted octanol–water partition coefficient (Wildman–Crippen LogP) is 7.42. The topological polar surface area (TPSA) is 162 Å². The van der Waals surface area contributed by atoms with Gasteiger partial charge < -0.3 is 24.8 Å². The lowest BCUT2D eigenvalue weighted by molar-refractivity contribution is -0.385. The zero-order valence-electron chi connectivity index (χ0n) is 34.5. The molecule has 2 aliphatic heterocycles. The number of benzene rings is 5. The fraction of sp³-hybridized carbons (Fsp3) is 0.277. The second kappa shape index (κ2) is 16.9. The largest absolute Gasteiger partial charge is 0.497 e. The summed E-state index contributed by atoms with van der Waals surface area (Å²) in [5, 5.41) is 35.6. The molecule has 0 saturated carbocycles. The van der Waals surface area contributed by atoms with Gasteiger partial charge in [-0.2, -0.15) is 0 Å². The molecule has 1 aromatic heterocycles. The van der Waals surface area contributed by atoms with Gasteiger partial charge in [0.25, 0.3) is 17.5 Å². The second-order valence-electron chi connectivity index (χ2n) is 16.4. The summed E-state index contributed by atoms with van der Waals surface area (Å²) in [6.07, 6.45) is 1.87. The van der Waals surface area contributed by atoms with Gasteiger partial charge in [0.15, 0.2) is 5.60 Å². The summed E-state index contributed by atoms with van der Waals surface area (Å²) in [4.78, 5) is 42.0. The highest BCUT2D eigenvalue weighted by Gasteiger charge is 2.66. The van der Waals surface area contributed by atoms with Crippen LogP contribution in [0.1, 0.15) is 52.0 Å². The third-order valence-corrected chi connectivity index (χ3v) is 16.9. The van der Waals surface area contributed by atoms with Crippen molar-refractivity contribution in [1.82, 2.24) is 15.0 Å². The van der Waals surface area contributed by atoms with E-state index in [1.165, 1.54) is 12.1 Å². The molecule has 14 heteroatoms. The Hall–Kier alpha value is -6.48. The quantitative estimate of drug-likeness (QED) is 0.0646. The molecule has 1 spiro atoms. The monoisotopic (exact) mass is 836 g/mol. The van der Waals surface area contributed by atoms with Crippen LogP contribution in [0.5, 0.6) is 5.75 Å². The van der Waals surface area contributed by atoms with Crippen LogP contribution >= 0.6 is 0 Å². The van der Waals surface area contributed by atoms with E-state index in [4.69, 9.17) is 9.47 Å². The maximum absolute atomic E-state index is 15.4. The van der Waals surface area contributed by atoms with Gasteiger partial charge in [0.1, 0.15) is 5.75 Å². The molecule has 2 aliphatic rings. The SMILES string of the molecule is COc1ccc([Si](C)(C)[C@H]2[C@H](CCn3cc(C(CO)c4ccccc4)nn3)O[C@@]3(C(=O)N(Cc4cccc(NC(=O)c5ccccc5)c4)c4ccc([N+](=O)[O-])cc43)[C@@H]2C)cc1. The number of methoxy groups -OCH3 is 1. The third kappa shape index (κ3) is 7.73. The number of hydrogen-bond acceptors (Lipinski definition) is 9. The molecule has 61 heavy (non-hydrogen) atoms. The van der Waals surface area contributed by atoms with E-state index >= 15 is 4.79 Å². The zero-order valence-corrected chi connectivity index (χ0v) is 35.5. The smallest absolute Gasteiger partial charge is 0.269 e. The Morgan fingerprint density at radius 3 is 2.39 bits per heavy atom.